The van der Waals surface area contributed by atoms with Crippen molar-refractivity contribution in [3.05, 3.63) is 71.9 Å². The molecule has 1 heterocycles. The molecule has 35 heavy (non-hydrogen) atoms. The Kier molecular flexibility index (Phi) is 9.87. The monoisotopic (exact) mass is 479 g/mol. The van der Waals surface area contributed by atoms with E-state index >= 15 is 0 Å². The molecule has 0 saturated heterocycles. The third kappa shape index (κ3) is 7.41. The molecule has 0 saturated carbocycles. The van der Waals surface area contributed by atoms with E-state index in [1.54, 1.807) is 0 Å². The molecule has 0 radical (unpaired) electrons. The third-order valence-corrected chi connectivity index (χ3v) is 5.74. The maximum absolute atomic E-state index is 11.7. The van der Waals surface area contributed by atoms with Gasteiger partial charge in [0.1, 0.15) is 18.5 Å². The van der Waals surface area contributed by atoms with Gasteiger partial charge in [-0.15, -0.1) is 0 Å². The van der Waals surface area contributed by atoms with E-state index in [1.165, 1.54) is 0 Å². The van der Waals surface area contributed by atoms with Crippen LogP contribution in [-0.4, -0.2) is 51.1 Å². The zero-order valence-electron chi connectivity index (χ0n) is 21.2. The summed E-state index contributed by atoms with van der Waals surface area (Å²) in [6.45, 7) is 9.06. The van der Waals surface area contributed by atoms with Crippen LogP contribution in [0.2, 0.25) is 0 Å². The SMILES string of the molecule is CCCC(=O)OCC(O)CN(Cc1c(CC)nn(-c2ccccc2)c1Oc1ccccc1)C(C)C. The van der Waals surface area contributed by atoms with Crippen molar-refractivity contribution in [3.63, 3.8) is 0 Å². The Morgan fingerprint density at radius 2 is 1.71 bits per heavy atom. The Bertz CT molecular complexity index is 1050. The van der Waals surface area contributed by atoms with Crippen molar-refractivity contribution in [3.8, 4) is 17.3 Å². The molecule has 0 bridgehead atoms. The summed E-state index contributed by atoms with van der Waals surface area (Å²) in [4.78, 5) is 13.9. The molecule has 0 amide bonds. The van der Waals surface area contributed by atoms with Crippen LogP contribution in [0.5, 0.6) is 11.6 Å². The molecule has 0 aliphatic heterocycles. The lowest BCUT2D eigenvalue weighted by Gasteiger charge is -2.29. The number of rotatable bonds is 13. The number of ether oxygens (including phenoxy) is 2. The van der Waals surface area contributed by atoms with Gasteiger partial charge in [0.25, 0.3) is 0 Å². The largest absolute Gasteiger partial charge is 0.463 e. The van der Waals surface area contributed by atoms with Crippen LogP contribution < -0.4 is 4.74 Å². The maximum atomic E-state index is 11.7. The van der Waals surface area contributed by atoms with Gasteiger partial charge in [0.2, 0.25) is 5.88 Å². The molecule has 7 heteroatoms. The molecule has 188 valence electrons. The van der Waals surface area contributed by atoms with Gasteiger partial charge in [-0.1, -0.05) is 50.2 Å². The van der Waals surface area contributed by atoms with Crippen LogP contribution in [0.25, 0.3) is 5.69 Å². The molecule has 0 aliphatic carbocycles. The van der Waals surface area contributed by atoms with Crippen molar-refractivity contribution in [2.24, 2.45) is 0 Å². The lowest BCUT2D eigenvalue weighted by molar-refractivity contribution is -0.147. The fourth-order valence-electron chi connectivity index (χ4n) is 3.82. The number of carbonyl (C=O) groups excluding carboxylic acids is 1. The minimum absolute atomic E-state index is 0.0145. The van der Waals surface area contributed by atoms with Crippen molar-refractivity contribution < 1.29 is 19.4 Å². The Morgan fingerprint density at radius 3 is 2.31 bits per heavy atom. The summed E-state index contributed by atoms with van der Waals surface area (Å²) in [5, 5.41) is 15.5. The number of aliphatic hydroxyl groups excluding tert-OH is 1. The molecule has 1 atom stereocenters. The van der Waals surface area contributed by atoms with Crippen molar-refractivity contribution in [1.29, 1.82) is 0 Å². The molecule has 1 unspecified atom stereocenters. The average molecular weight is 480 g/mol. The van der Waals surface area contributed by atoms with E-state index in [1.807, 2.05) is 72.3 Å². The Hall–Kier alpha value is -3.16. The highest BCUT2D eigenvalue weighted by molar-refractivity contribution is 5.69. The normalized spacial score (nSPS) is 12.2. The first-order chi connectivity index (χ1) is 16.9. The predicted octanol–water partition coefficient (Wildman–Crippen LogP) is 5.14. The molecule has 0 aliphatic rings. The molecule has 1 N–H and O–H groups in total. The number of benzene rings is 2. The molecule has 2 aromatic carbocycles. The van der Waals surface area contributed by atoms with Crippen LogP contribution in [0.15, 0.2) is 60.7 Å². The standard InChI is InChI=1S/C28H37N3O4/c1-5-13-27(33)34-20-23(32)18-30(21(3)4)19-25-26(6-2)29-31(22-14-9-7-10-15-22)28(25)35-24-16-11-8-12-17-24/h7-12,14-17,21,23,32H,5-6,13,18-20H2,1-4H3. The summed E-state index contributed by atoms with van der Waals surface area (Å²) in [5.74, 6) is 1.11. The Balaban J connectivity index is 1.90. The number of hydrogen-bond donors (Lipinski definition) is 1. The minimum atomic E-state index is -0.786. The summed E-state index contributed by atoms with van der Waals surface area (Å²) in [6.07, 6.45) is 1.04. The number of para-hydroxylation sites is 2. The fraction of sp³-hybridized carbons (Fsp3) is 0.429. The van der Waals surface area contributed by atoms with E-state index in [0.717, 1.165) is 35.5 Å². The highest BCUT2D eigenvalue weighted by atomic mass is 16.5. The highest BCUT2D eigenvalue weighted by Crippen LogP contribution is 2.32. The molecule has 3 rings (SSSR count). The van der Waals surface area contributed by atoms with Gasteiger partial charge in [0, 0.05) is 25.6 Å². The quantitative estimate of drug-likeness (QED) is 0.342. The van der Waals surface area contributed by atoms with Crippen LogP contribution >= 0.6 is 0 Å². The Labute approximate surface area is 208 Å². The van der Waals surface area contributed by atoms with Gasteiger partial charge < -0.3 is 14.6 Å². The van der Waals surface area contributed by atoms with Crippen molar-refractivity contribution in [1.82, 2.24) is 14.7 Å². The van der Waals surface area contributed by atoms with E-state index in [2.05, 4.69) is 25.7 Å². The lowest BCUT2D eigenvalue weighted by atomic mass is 10.1. The first kappa shape index (κ1) is 26.4. The highest BCUT2D eigenvalue weighted by Gasteiger charge is 2.25. The summed E-state index contributed by atoms with van der Waals surface area (Å²) >= 11 is 0. The lowest BCUT2D eigenvalue weighted by Crippen LogP contribution is -2.39. The van der Waals surface area contributed by atoms with Crippen LogP contribution in [-0.2, 0) is 22.5 Å². The maximum Gasteiger partial charge on any atom is 0.305 e. The van der Waals surface area contributed by atoms with E-state index in [0.29, 0.717) is 25.4 Å². The second-order valence-corrected chi connectivity index (χ2v) is 8.86. The molecular weight excluding hydrogens is 442 g/mol. The second-order valence-electron chi connectivity index (χ2n) is 8.86. The minimum Gasteiger partial charge on any atom is -0.463 e. The fourth-order valence-corrected chi connectivity index (χ4v) is 3.82. The topological polar surface area (TPSA) is 76.8 Å². The first-order valence-corrected chi connectivity index (χ1v) is 12.4. The average Bonchev–Trinajstić information content (AvgIpc) is 3.20. The molecule has 3 aromatic rings. The van der Waals surface area contributed by atoms with Crippen molar-refractivity contribution in [2.45, 2.75) is 65.6 Å². The van der Waals surface area contributed by atoms with Crippen LogP contribution in [0.3, 0.4) is 0 Å². The number of carbonyl (C=O) groups is 1. The molecule has 1 aromatic heterocycles. The molecule has 0 fully saturated rings. The molecule has 0 spiro atoms. The predicted molar refractivity (Wildman–Crippen MR) is 137 cm³/mol. The van der Waals surface area contributed by atoms with Gasteiger partial charge >= 0.3 is 5.97 Å². The second kappa shape index (κ2) is 13.1. The van der Waals surface area contributed by atoms with Gasteiger partial charge in [-0.25, -0.2) is 4.68 Å². The van der Waals surface area contributed by atoms with E-state index in [-0.39, 0.29) is 18.6 Å². The number of esters is 1. The number of aromatic nitrogens is 2. The van der Waals surface area contributed by atoms with E-state index < -0.39 is 6.10 Å². The van der Waals surface area contributed by atoms with Crippen LogP contribution in [0.1, 0.15) is 51.8 Å². The van der Waals surface area contributed by atoms with E-state index in [9.17, 15) is 9.90 Å². The van der Waals surface area contributed by atoms with E-state index in [4.69, 9.17) is 14.6 Å². The van der Waals surface area contributed by atoms with Crippen molar-refractivity contribution >= 4 is 5.97 Å². The van der Waals surface area contributed by atoms with Crippen LogP contribution in [0.4, 0.5) is 0 Å². The third-order valence-electron chi connectivity index (χ3n) is 5.74. The number of hydrogen-bond acceptors (Lipinski definition) is 6. The van der Waals surface area contributed by atoms with Gasteiger partial charge in [-0.3, -0.25) is 9.69 Å². The van der Waals surface area contributed by atoms with Gasteiger partial charge in [-0.05, 0) is 51.0 Å². The smallest absolute Gasteiger partial charge is 0.305 e. The molecule has 7 nitrogen and oxygen atoms in total. The van der Waals surface area contributed by atoms with Crippen LogP contribution in [0, 0.1) is 0 Å². The van der Waals surface area contributed by atoms with Gasteiger partial charge in [0.15, 0.2) is 0 Å². The summed E-state index contributed by atoms with van der Waals surface area (Å²) < 4.78 is 13.5. The van der Waals surface area contributed by atoms with Crippen molar-refractivity contribution in [2.75, 3.05) is 13.2 Å². The Morgan fingerprint density at radius 1 is 1.06 bits per heavy atom. The van der Waals surface area contributed by atoms with Gasteiger partial charge in [0.05, 0.1) is 16.9 Å². The number of aliphatic hydroxyl groups is 1. The zero-order valence-corrected chi connectivity index (χ0v) is 21.2. The first-order valence-electron chi connectivity index (χ1n) is 12.4. The summed E-state index contributed by atoms with van der Waals surface area (Å²) in [5.41, 5.74) is 2.83. The molecular formula is C28H37N3O4. The zero-order chi connectivity index (χ0) is 25.2. The van der Waals surface area contributed by atoms with Gasteiger partial charge in [-0.2, -0.15) is 5.10 Å². The summed E-state index contributed by atoms with van der Waals surface area (Å²) in [7, 11) is 0. The number of aryl methyl sites for hydroxylation is 1. The number of nitrogens with zero attached hydrogens (tertiary/aromatic N) is 3. The summed E-state index contributed by atoms with van der Waals surface area (Å²) in [6, 6.07) is 19.8.